The van der Waals surface area contributed by atoms with E-state index in [-0.39, 0.29) is 19.4 Å². The van der Waals surface area contributed by atoms with Gasteiger partial charge in [0.15, 0.2) is 19.4 Å². The zero-order valence-electron chi connectivity index (χ0n) is 17.0. The van der Waals surface area contributed by atoms with Gasteiger partial charge in [0.1, 0.15) is 17.2 Å². The van der Waals surface area contributed by atoms with E-state index in [4.69, 9.17) is 23.7 Å². The minimum absolute atomic E-state index is 0.129. The Morgan fingerprint density at radius 1 is 0.966 bits per heavy atom. The number of carbonyl (C=O) groups excluding carboxylic acids is 1. The normalized spacial score (nSPS) is 10.7. The molecule has 0 aromatic heterocycles. The summed E-state index contributed by atoms with van der Waals surface area (Å²) in [6.45, 7) is 4.07. The molecule has 29 heavy (non-hydrogen) atoms. The topological polar surface area (TPSA) is 63.2 Å². The van der Waals surface area contributed by atoms with Gasteiger partial charge in [-0.3, -0.25) is 4.79 Å². The molecule has 6 heteroatoms. The van der Waals surface area contributed by atoms with Crippen molar-refractivity contribution in [2.75, 3.05) is 34.9 Å². The summed E-state index contributed by atoms with van der Waals surface area (Å²) in [4.78, 5) is 12.5. The standard InChI is InChI=1S/C23H26O6/c1-5-6-18-13-19(22(27-4)14-23(18)29-16-26-3)9-12-21(24)17-7-10-20(11-8-17)28-15-25-2/h5,7-14H,1,6,15-16H2,2-4H3/b12-9+. The molecule has 0 N–H and O–H groups in total. The Balaban J connectivity index is 2.22. The first kappa shape index (κ1) is 22.2. The van der Waals surface area contributed by atoms with Crippen LogP contribution in [-0.2, 0) is 15.9 Å². The molecule has 0 aliphatic heterocycles. The lowest BCUT2D eigenvalue weighted by Gasteiger charge is -2.14. The molecule has 0 unspecified atom stereocenters. The summed E-state index contributed by atoms with van der Waals surface area (Å²) in [6.07, 6.45) is 5.63. The summed E-state index contributed by atoms with van der Waals surface area (Å²) in [5.74, 6) is 1.75. The molecular formula is C23H26O6. The second-order valence-corrected chi connectivity index (χ2v) is 6.02. The van der Waals surface area contributed by atoms with Crippen LogP contribution in [0.4, 0.5) is 0 Å². The second kappa shape index (κ2) is 11.7. The van der Waals surface area contributed by atoms with Crippen molar-refractivity contribution < 1.29 is 28.5 Å². The Morgan fingerprint density at radius 3 is 2.28 bits per heavy atom. The Morgan fingerprint density at radius 2 is 1.66 bits per heavy atom. The van der Waals surface area contributed by atoms with Gasteiger partial charge in [-0.15, -0.1) is 6.58 Å². The average Bonchev–Trinajstić information content (AvgIpc) is 2.75. The summed E-state index contributed by atoms with van der Waals surface area (Å²) in [7, 11) is 4.68. The predicted octanol–water partition coefficient (Wildman–Crippen LogP) is 4.29. The molecule has 6 nitrogen and oxygen atoms in total. The Hall–Kier alpha value is -3.09. The van der Waals surface area contributed by atoms with Gasteiger partial charge in [-0.05, 0) is 54.5 Å². The van der Waals surface area contributed by atoms with Crippen LogP contribution in [-0.4, -0.2) is 40.7 Å². The third-order valence-electron chi connectivity index (χ3n) is 4.01. The monoisotopic (exact) mass is 398 g/mol. The van der Waals surface area contributed by atoms with Gasteiger partial charge in [0, 0.05) is 31.4 Å². The van der Waals surface area contributed by atoms with E-state index in [1.807, 2.05) is 6.07 Å². The van der Waals surface area contributed by atoms with Crippen LogP contribution in [0.25, 0.3) is 6.08 Å². The number of methoxy groups -OCH3 is 3. The molecule has 0 heterocycles. The third-order valence-corrected chi connectivity index (χ3v) is 4.01. The fourth-order valence-corrected chi connectivity index (χ4v) is 2.61. The molecule has 154 valence electrons. The summed E-state index contributed by atoms with van der Waals surface area (Å²) >= 11 is 0. The van der Waals surface area contributed by atoms with E-state index in [9.17, 15) is 4.79 Å². The predicted molar refractivity (Wildman–Crippen MR) is 112 cm³/mol. The maximum absolute atomic E-state index is 12.5. The minimum atomic E-state index is -0.129. The molecule has 0 aliphatic rings. The van der Waals surface area contributed by atoms with Gasteiger partial charge in [0.2, 0.25) is 0 Å². The van der Waals surface area contributed by atoms with Gasteiger partial charge in [-0.1, -0.05) is 6.08 Å². The van der Waals surface area contributed by atoms with Crippen LogP contribution in [0.15, 0.2) is 55.1 Å². The fraction of sp³-hybridized carbons (Fsp3) is 0.261. The smallest absolute Gasteiger partial charge is 0.188 e. The molecule has 2 rings (SSSR count). The number of allylic oxidation sites excluding steroid dienone is 2. The van der Waals surface area contributed by atoms with Crippen LogP contribution in [0.5, 0.6) is 17.2 Å². The highest BCUT2D eigenvalue weighted by molar-refractivity contribution is 6.07. The zero-order chi connectivity index (χ0) is 21.1. The van der Waals surface area contributed by atoms with E-state index in [2.05, 4.69) is 6.58 Å². The Bertz CT molecular complexity index is 839. The lowest BCUT2D eigenvalue weighted by Crippen LogP contribution is -2.03. The van der Waals surface area contributed by atoms with Crippen LogP contribution < -0.4 is 14.2 Å². The van der Waals surface area contributed by atoms with Crippen molar-refractivity contribution in [2.24, 2.45) is 0 Å². The number of rotatable bonds is 12. The van der Waals surface area contributed by atoms with Crippen molar-refractivity contribution in [1.29, 1.82) is 0 Å². The highest BCUT2D eigenvalue weighted by Crippen LogP contribution is 2.31. The van der Waals surface area contributed by atoms with E-state index in [0.29, 0.717) is 29.2 Å². The van der Waals surface area contributed by atoms with E-state index in [1.165, 1.54) is 6.08 Å². The van der Waals surface area contributed by atoms with Crippen molar-refractivity contribution in [2.45, 2.75) is 6.42 Å². The Kier molecular flexibility index (Phi) is 8.95. The number of carbonyl (C=O) groups is 1. The molecule has 2 aromatic carbocycles. The number of ketones is 1. The molecule has 0 saturated carbocycles. The van der Waals surface area contributed by atoms with Gasteiger partial charge in [0.25, 0.3) is 0 Å². The van der Waals surface area contributed by atoms with Crippen molar-refractivity contribution in [3.8, 4) is 17.2 Å². The first-order valence-electron chi connectivity index (χ1n) is 9.00. The lowest BCUT2D eigenvalue weighted by molar-refractivity contribution is 0.0503. The summed E-state index contributed by atoms with van der Waals surface area (Å²) in [5, 5.41) is 0. The number of hydrogen-bond acceptors (Lipinski definition) is 6. The van der Waals surface area contributed by atoms with Gasteiger partial charge in [-0.2, -0.15) is 0 Å². The first-order chi connectivity index (χ1) is 14.1. The maximum Gasteiger partial charge on any atom is 0.188 e. The molecule has 2 aromatic rings. The van der Waals surface area contributed by atoms with Crippen molar-refractivity contribution in [1.82, 2.24) is 0 Å². The lowest BCUT2D eigenvalue weighted by atomic mass is 10.0. The van der Waals surface area contributed by atoms with Gasteiger partial charge in [0.05, 0.1) is 7.11 Å². The highest BCUT2D eigenvalue weighted by Gasteiger charge is 2.11. The number of benzene rings is 2. The van der Waals surface area contributed by atoms with E-state index in [0.717, 1.165) is 11.1 Å². The number of ether oxygens (including phenoxy) is 5. The van der Waals surface area contributed by atoms with Crippen LogP contribution >= 0.6 is 0 Å². The number of hydrogen-bond donors (Lipinski definition) is 0. The molecule has 0 fully saturated rings. The summed E-state index contributed by atoms with van der Waals surface area (Å²) < 4.78 is 26.2. The first-order valence-corrected chi connectivity index (χ1v) is 9.00. The molecule has 0 saturated heterocycles. The van der Waals surface area contributed by atoms with Crippen molar-refractivity contribution >= 4 is 11.9 Å². The zero-order valence-corrected chi connectivity index (χ0v) is 17.0. The molecule has 0 spiro atoms. The van der Waals surface area contributed by atoms with Crippen LogP contribution in [0, 0.1) is 0 Å². The second-order valence-electron chi connectivity index (χ2n) is 6.02. The molecule has 0 aliphatic carbocycles. The van der Waals surface area contributed by atoms with Gasteiger partial charge < -0.3 is 23.7 Å². The maximum atomic E-state index is 12.5. The molecule has 0 amide bonds. The third kappa shape index (κ3) is 6.48. The van der Waals surface area contributed by atoms with Crippen LogP contribution in [0.1, 0.15) is 21.5 Å². The van der Waals surface area contributed by atoms with Gasteiger partial charge >= 0.3 is 0 Å². The van der Waals surface area contributed by atoms with E-state index < -0.39 is 0 Å². The van der Waals surface area contributed by atoms with E-state index in [1.54, 1.807) is 63.8 Å². The van der Waals surface area contributed by atoms with Gasteiger partial charge in [-0.25, -0.2) is 0 Å². The largest absolute Gasteiger partial charge is 0.496 e. The quantitative estimate of drug-likeness (QED) is 0.230. The average molecular weight is 398 g/mol. The fourth-order valence-electron chi connectivity index (χ4n) is 2.61. The van der Waals surface area contributed by atoms with Crippen LogP contribution in [0.2, 0.25) is 0 Å². The Labute approximate surface area is 171 Å². The summed E-state index contributed by atoms with van der Waals surface area (Å²) in [6, 6.07) is 10.6. The van der Waals surface area contributed by atoms with Crippen LogP contribution in [0.3, 0.4) is 0 Å². The molecule has 0 atom stereocenters. The SMILES string of the molecule is C=CCc1cc(/C=C/C(=O)c2ccc(OCOC)cc2)c(OC)cc1OCOC. The van der Waals surface area contributed by atoms with E-state index >= 15 is 0 Å². The molecular weight excluding hydrogens is 372 g/mol. The minimum Gasteiger partial charge on any atom is -0.496 e. The summed E-state index contributed by atoms with van der Waals surface area (Å²) in [5.41, 5.74) is 2.24. The highest BCUT2D eigenvalue weighted by atomic mass is 16.7. The molecule has 0 bridgehead atoms. The molecule has 0 radical (unpaired) electrons. The van der Waals surface area contributed by atoms with Crippen molar-refractivity contribution in [3.63, 3.8) is 0 Å². The van der Waals surface area contributed by atoms with Crippen molar-refractivity contribution in [3.05, 3.63) is 71.8 Å².